The minimum Gasteiger partial charge on any atom is -0.376 e. The Morgan fingerprint density at radius 2 is 2.15 bits per heavy atom. The van der Waals surface area contributed by atoms with Crippen molar-refractivity contribution in [2.75, 3.05) is 11.6 Å². The van der Waals surface area contributed by atoms with Crippen LogP contribution in [0.3, 0.4) is 0 Å². The van der Waals surface area contributed by atoms with Gasteiger partial charge in [0.25, 0.3) is 5.69 Å². The highest BCUT2D eigenvalue weighted by atomic mass is 127. The monoisotopic (exact) mass is 410 g/mol. The largest absolute Gasteiger partial charge is 0.376 e. The van der Waals surface area contributed by atoms with E-state index in [-0.39, 0.29) is 15.3 Å². The number of nitro benzene ring substituents is 1. The Balaban J connectivity index is 2.27. The van der Waals surface area contributed by atoms with Crippen LogP contribution in [0.15, 0.2) is 12.1 Å². The summed E-state index contributed by atoms with van der Waals surface area (Å²) < 4.78 is 13.9. The highest BCUT2D eigenvalue weighted by Gasteiger charge is 2.27. The lowest BCUT2D eigenvalue weighted by molar-refractivity contribution is -0.384. The molecule has 1 aliphatic rings. The zero-order valence-corrected chi connectivity index (χ0v) is 14.0. The molecule has 0 amide bonds. The Hall–Kier alpha value is -0.570. The molecular formula is C13H16FIN2O2S. The van der Waals surface area contributed by atoms with E-state index in [1.807, 2.05) is 6.26 Å². The number of rotatable bonds is 4. The van der Waals surface area contributed by atoms with E-state index in [0.29, 0.717) is 10.9 Å². The van der Waals surface area contributed by atoms with Crippen LogP contribution in [0.2, 0.25) is 0 Å². The van der Waals surface area contributed by atoms with Gasteiger partial charge in [-0.2, -0.15) is 11.8 Å². The standard InChI is InChI=1S/C13H16FIN2O2S/c1-20-13-5-3-2-4-10(13)16-11-6-8(14)9(15)7-12(11)17(18)19/h6-7,10,13,16H,2-5H2,1H3. The molecule has 110 valence electrons. The summed E-state index contributed by atoms with van der Waals surface area (Å²) in [5.41, 5.74) is 0.236. The van der Waals surface area contributed by atoms with E-state index in [4.69, 9.17) is 0 Å². The molecule has 2 atom stereocenters. The van der Waals surface area contributed by atoms with Gasteiger partial charge < -0.3 is 5.32 Å². The van der Waals surface area contributed by atoms with Crippen LogP contribution >= 0.6 is 34.4 Å². The van der Waals surface area contributed by atoms with Gasteiger partial charge in [-0.3, -0.25) is 10.1 Å². The molecule has 1 saturated carbocycles. The lowest BCUT2D eigenvalue weighted by Crippen LogP contribution is -2.34. The van der Waals surface area contributed by atoms with Crippen LogP contribution in [0.1, 0.15) is 25.7 Å². The molecule has 1 N–H and O–H groups in total. The molecule has 2 rings (SSSR count). The van der Waals surface area contributed by atoms with Crippen LogP contribution in [-0.4, -0.2) is 22.5 Å². The van der Waals surface area contributed by atoms with E-state index in [9.17, 15) is 14.5 Å². The SMILES string of the molecule is CSC1CCCCC1Nc1cc(F)c(I)cc1[N+](=O)[O-]. The Morgan fingerprint density at radius 3 is 2.80 bits per heavy atom. The second-order valence-corrected chi connectivity index (χ2v) is 7.09. The van der Waals surface area contributed by atoms with Gasteiger partial charge in [-0.25, -0.2) is 4.39 Å². The van der Waals surface area contributed by atoms with E-state index >= 15 is 0 Å². The molecule has 4 nitrogen and oxygen atoms in total. The van der Waals surface area contributed by atoms with Gasteiger partial charge in [0.15, 0.2) is 0 Å². The van der Waals surface area contributed by atoms with Gasteiger partial charge in [-0.05, 0) is 41.7 Å². The van der Waals surface area contributed by atoms with Gasteiger partial charge in [0.1, 0.15) is 11.5 Å². The number of hydrogen-bond donors (Lipinski definition) is 1. The van der Waals surface area contributed by atoms with Crippen molar-refractivity contribution < 1.29 is 9.31 Å². The van der Waals surface area contributed by atoms with Crippen molar-refractivity contribution in [2.45, 2.75) is 37.0 Å². The summed E-state index contributed by atoms with van der Waals surface area (Å²) in [6.45, 7) is 0. The first kappa shape index (κ1) is 15.8. The van der Waals surface area contributed by atoms with Gasteiger partial charge in [0, 0.05) is 23.4 Å². The maximum absolute atomic E-state index is 13.7. The number of thioether (sulfide) groups is 1. The van der Waals surface area contributed by atoms with Crippen molar-refractivity contribution >= 4 is 45.7 Å². The van der Waals surface area contributed by atoms with Gasteiger partial charge in [-0.1, -0.05) is 12.8 Å². The molecule has 0 bridgehead atoms. The van der Waals surface area contributed by atoms with Gasteiger partial charge >= 0.3 is 0 Å². The molecule has 2 unspecified atom stereocenters. The maximum Gasteiger partial charge on any atom is 0.293 e. The fourth-order valence-electron chi connectivity index (χ4n) is 2.55. The third-order valence-corrected chi connectivity index (χ3v) is 5.58. The molecule has 0 aliphatic heterocycles. The number of hydrogen-bond acceptors (Lipinski definition) is 4. The molecule has 1 aromatic carbocycles. The number of anilines is 1. The van der Waals surface area contributed by atoms with Gasteiger partial charge in [0.2, 0.25) is 0 Å². The fourth-order valence-corrected chi connectivity index (χ4v) is 3.93. The Labute approximate surface area is 135 Å². The van der Waals surface area contributed by atoms with E-state index in [1.165, 1.54) is 18.6 Å². The summed E-state index contributed by atoms with van der Waals surface area (Å²) in [5.74, 6) is -0.421. The summed E-state index contributed by atoms with van der Waals surface area (Å²) in [6.07, 6.45) is 6.41. The first-order valence-corrected chi connectivity index (χ1v) is 8.82. The molecule has 1 aliphatic carbocycles. The van der Waals surface area contributed by atoms with E-state index in [1.54, 1.807) is 34.4 Å². The van der Waals surface area contributed by atoms with E-state index in [2.05, 4.69) is 5.32 Å². The zero-order chi connectivity index (χ0) is 14.7. The van der Waals surface area contributed by atoms with Gasteiger partial charge in [-0.15, -0.1) is 0 Å². The number of nitrogens with zero attached hydrogens (tertiary/aromatic N) is 1. The second-order valence-electron chi connectivity index (χ2n) is 4.85. The van der Waals surface area contributed by atoms with E-state index in [0.717, 1.165) is 19.3 Å². The van der Waals surface area contributed by atoms with Crippen molar-refractivity contribution in [3.8, 4) is 0 Å². The first-order valence-electron chi connectivity index (χ1n) is 6.45. The smallest absolute Gasteiger partial charge is 0.293 e. The number of nitrogens with one attached hydrogen (secondary N) is 1. The minimum absolute atomic E-state index is 0.0544. The average Bonchev–Trinajstić information content (AvgIpc) is 2.43. The highest BCUT2D eigenvalue weighted by Crippen LogP contribution is 2.34. The van der Waals surface area contributed by atoms with Crippen molar-refractivity contribution in [1.29, 1.82) is 0 Å². The van der Waals surface area contributed by atoms with Crippen LogP contribution in [0.5, 0.6) is 0 Å². The summed E-state index contributed by atoms with van der Waals surface area (Å²) in [5, 5.41) is 14.7. The molecular weight excluding hydrogens is 394 g/mol. The first-order chi connectivity index (χ1) is 9.52. The predicted molar refractivity (Wildman–Crippen MR) is 89.0 cm³/mol. The molecule has 0 spiro atoms. The Kier molecular flexibility index (Phi) is 5.48. The summed E-state index contributed by atoms with van der Waals surface area (Å²) in [6, 6.07) is 2.69. The fraction of sp³-hybridized carbons (Fsp3) is 0.538. The van der Waals surface area contributed by atoms with Gasteiger partial charge in [0.05, 0.1) is 8.49 Å². The van der Waals surface area contributed by atoms with Crippen LogP contribution < -0.4 is 5.32 Å². The Morgan fingerprint density at radius 1 is 1.45 bits per heavy atom. The average molecular weight is 410 g/mol. The molecule has 7 heteroatoms. The van der Waals surface area contributed by atoms with Crippen LogP contribution in [0.4, 0.5) is 15.8 Å². The van der Waals surface area contributed by atoms with E-state index < -0.39 is 10.7 Å². The van der Waals surface area contributed by atoms with Crippen molar-refractivity contribution in [3.63, 3.8) is 0 Å². The van der Waals surface area contributed by atoms with Crippen LogP contribution in [0, 0.1) is 19.5 Å². The van der Waals surface area contributed by atoms with Crippen LogP contribution in [0.25, 0.3) is 0 Å². The summed E-state index contributed by atoms with van der Waals surface area (Å²) in [4.78, 5) is 10.7. The molecule has 0 saturated heterocycles. The van der Waals surface area contributed by atoms with Crippen molar-refractivity contribution in [1.82, 2.24) is 0 Å². The third kappa shape index (κ3) is 3.55. The van der Waals surface area contributed by atoms with Crippen molar-refractivity contribution in [2.24, 2.45) is 0 Å². The predicted octanol–water partition coefficient (Wildman–Crippen LogP) is 4.42. The topological polar surface area (TPSA) is 55.2 Å². The Bertz CT molecular complexity index is 515. The normalized spacial score (nSPS) is 22.6. The lowest BCUT2D eigenvalue weighted by Gasteiger charge is -2.31. The molecule has 0 heterocycles. The zero-order valence-electron chi connectivity index (χ0n) is 11.1. The van der Waals surface area contributed by atoms with Crippen molar-refractivity contribution in [3.05, 3.63) is 31.6 Å². The number of nitro groups is 1. The van der Waals surface area contributed by atoms with Crippen LogP contribution in [-0.2, 0) is 0 Å². The molecule has 20 heavy (non-hydrogen) atoms. The quantitative estimate of drug-likeness (QED) is 0.454. The second kappa shape index (κ2) is 6.93. The third-order valence-electron chi connectivity index (χ3n) is 3.58. The summed E-state index contributed by atoms with van der Waals surface area (Å²) in [7, 11) is 0. The maximum atomic E-state index is 13.7. The highest BCUT2D eigenvalue weighted by molar-refractivity contribution is 14.1. The molecule has 0 aromatic heterocycles. The number of halogens is 2. The molecule has 0 radical (unpaired) electrons. The molecule has 1 aromatic rings. The summed E-state index contributed by atoms with van der Waals surface area (Å²) >= 11 is 3.54. The lowest BCUT2D eigenvalue weighted by atomic mass is 9.94. The minimum atomic E-state index is -0.457. The number of benzene rings is 1. The molecule has 1 fully saturated rings.